The number of ether oxygens (including phenoxy) is 1. The number of rotatable bonds is 8. The third-order valence-corrected chi connectivity index (χ3v) is 2.78. The van der Waals surface area contributed by atoms with Crippen LogP contribution >= 0.6 is 0 Å². The van der Waals surface area contributed by atoms with E-state index in [9.17, 15) is 10.1 Å². The summed E-state index contributed by atoms with van der Waals surface area (Å²) in [5.41, 5.74) is -0.138. The summed E-state index contributed by atoms with van der Waals surface area (Å²) in [5, 5.41) is 16.5. The average molecular weight is 267 g/mol. The molecule has 0 bridgehead atoms. The monoisotopic (exact) mass is 267 g/mol. The van der Waals surface area contributed by atoms with Gasteiger partial charge < -0.3 is 15.4 Å². The molecular weight excluding hydrogens is 250 g/mol. The van der Waals surface area contributed by atoms with Gasteiger partial charge in [0.1, 0.15) is 6.20 Å². The van der Waals surface area contributed by atoms with E-state index >= 15 is 0 Å². The molecule has 0 atom stereocenters. The van der Waals surface area contributed by atoms with Crippen LogP contribution in [0.2, 0.25) is 0 Å². The largest absolute Gasteiger partial charge is 0.379 e. The zero-order chi connectivity index (χ0) is 13.7. The first kappa shape index (κ1) is 13.5. The van der Waals surface area contributed by atoms with Gasteiger partial charge in [-0.05, 0) is 18.8 Å². The Balaban J connectivity index is 1.86. The van der Waals surface area contributed by atoms with Gasteiger partial charge in [-0.3, -0.25) is 10.1 Å². The maximum absolute atomic E-state index is 10.8. The van der Waals surface area contributed by atoms with E-state index in [0.29, 0.717) is 25.0 Å². The number of nitrogens with zero attached hydrogens (tertiary/aromatic N) is 3. The summed E-state index contributed by atoms with van der Waals surface area (Å²) in [7, 11) is 1.66. The summed E-state index contributed by atoms with van der Waals surface area (Å²) in [6, 6.07) is 0. The molecule has 0 radical (unpaired) electrons. The molecule has 1 aromatic heterocycles. The number of aromatic nitrogens is 2. The number of hydrogen-bond acceptors (Lipinski definition) is 7. The highest BCUT2D eigenvalue weighted by Crippen LogP contribution is 2.28. The van der Waals surface area contributed by atoms with Crippen LogP contribution in [0.4, 0.5) is 17.5 Å². The van der Waals surface area contributed by atoms with E-state index in [-0.39, 0.29) is 11.5 Å². The SMILES string of the molecule is CNc1ncc([N+](=O)[O-])c(NCCOCC2CC2)n1. The molecule has 19 heavy (non-hydrogen) atoms. The Morgan fingerprint density at radius 3 is 3.00 bits per heavy atom. The predicted molar refractivity (Wildman–Crippen MR) is 70.3 cm³/mol. The minimum Gasteiger partial charge on any atom is -0.379 e. The molecule has 0 aromatic carbocycles. The van der Waals surface area contributed by atoms with Crippen molar-refractivity contribution in [2.24, 2.45) is 5.92 Å². The lowest BCUT2D eigenvalue weighted by Crippen LogP contribution is -2.13. The van der Waals surface area contributed by atoms with Gasteiger partial charge in [-0.25, -0.2) is 4.98 Å². The van der Waals surface area contributed by atoms with Crippen molar-refractivity contribution in [3.05, 3.63) is 16.3 Å². The second kappa shape index (κ2) is 6.28. The molecule has 1 aromatic rings. The Morgan fingerprint density at radius 1 is 1.58 bits per heavy atom. The van der Waals surface area contributed by atoms with Gasteiger partial charge in [0.25, 0.3) is 0 Å². The van der Waals surface area contributed by atoms with Gasteiger partial charge in [-0.15, -0.1) is 0 Å². The highest BCUT2D eigenvalue weighted by Gasteiger charge is 2.21. The van der Waals surface area contributed by atoms with Crippen LogP contribution in [0, 0.1) is 16.0 Å². The highest BCUT2D eigenvalue weighted by molar-refractivity contribution is 5.56. The van der Waals surface area contributed by atoms with E-state index in [4.69, 9.17) is 4.74 Å². The third-order valence-electron chi connectivity index (χ3n) is 2.78. The van der Waals surface area contributed by atoms with E-state index in [2.05, 4.69) is 20.6 Å². The van der Waals surface area contributed by atoms with Crippen LogP contribution in [0.5, 0.6) is 0 Å². The first-order chi connectivity index (χ1) is 9.20. The fourth-order valence-electron chi connectivity index (χ4n) is 1.54. The molecule has 0 aliphatic heterocycles. The lowest BCUT2D eigenvalue weighted by atomic mass is 10.4. The van der Waals surface area contributed by atoms with Crippen molar-refractivity contribution in [3.8, 4) is 0 Å². The second-order valence-electron chi connectivity index (χ2n) is 4.38. The fourth-order valence-corrected chi connectivity index (χ4v) is 1.54. The van der Waals surface area contributed by atoms with Crippen molar-refractivity contribution < 1.29 is 9.66 Å². The van der Waals surface area contributed by atoms with Crippen molar-refractivity contribution in [2.45, 2.75) is 12.8 Å². The van der Waals surface area contributed by atoms with Crippen LogP contribution < -0.4 is 10.6 Å². The quantitative estimate of drug-likeness (QED) is 0.415. The maximum atomic E-state index is 10.8. The summed E-state index contributed by atoms with van der Waals surface area (Å²) in [6.07, 6.45) is 3.68. The Kier molecular flexibility index (Phi) is 4.45. The smallest absolute Gasteiger partial charge is 0.329 e. The molecule has 1 heterocycles. The van der Waals surface area contributed by atoms with Gasteiger partial charge in [0.2, 0.25) is 11.8 Å². The van der Waals surface area contributed by atoms with Crippen LogP contribution in [-0.4, -0.2) is 41.7 Å². The van der Waals surface area contributed by atoms with Crippen LogP contribution in [0.3, 0.4) is 0 Å². The number of nitrogens with one attached hydrogen (secondary N) is 2. The molecule has 0 saturated heterocycles. The zero-order valence-electron chi connectivity index (χ0n) is 10.8. The molecule has 2 rings (SSSR count). The van der Waals surface area contributed by atoms with Crippen LogP contribution in [-0.2, 0) is 4.74 Å². The lowest BCUT2D eigenvalue weighted by molar-refractivity contribution is -0.384. The first-order valence-electron chi connectivity index (χ1n) is 6.21. The van der Waals surface area contributed by atoms with Crippen molar-refractivity contribution in [3.63, 3.8) is 0 Å². The van der Waals surface area contributed by atoms with Crippen LogP contribution in [0.15, 0.2) is 6.20 Å². The number of hydrogen-bond donors (Lipinski definition) is 2. The van der Waals surface area contributed by atoms with Gasteiger partial charge in [-0.2, -0.15) is 4.98 Å². The summed E-state index contributed by atoms with van der Waals surface area (Å²) < 4.78 is 5.44. The summed E-state index contributed by atoms with van der Waals surface area (Å²) in [4.78, 5) is 18.2. The van der Waals surface area contributed by atoms with Crippen molar-refractivity contribution in [1.29, 1.82) is 0 Å². The number of anilines is 2. The molecule has 0 amide bonds. The van der Waals surface area contributed by atoms with E-state index in [1.165, 1.54) is 19.0 Å². The molecule has 1 fully saturated rings. The molecule has 1 aliphatic rings. The number of nitro groups is 1. The molecular formula is C11H17N5O3. The van der Waals surface area contributed by atoms with Gasteiger partial charge in [-0.1, -0.05) is 0 Å². The van der Waals surface area contributed by atoms with Gasteiger partial charge in [0.15, 0.2) is 0 Å². The summed E-state index contributed by atoms with van der Waals surface area (Å²) >= 11 is 0. The Labute approximate surface area is 110 Å². The van der Waals surface area contributed by atoms with E-state index < -0.39 is 4.92 Å². The summed E-state index contributed by atoms with van der Waals surface area (Å²) in [6.45, 7) is 1.76. The van der Waals surface area contributed by atoms with Crippen molar-refractivity contribution >= 4 is 17.5 Å². The van der Waals surface area contributed by atoms with Crippen molar-refractivity contribution in [1.82, 2.24) is 9.97 Å². The highest BCUT2D eigenvalue weighted by atomic mass is 16.6. The van der Waals surface area contributed by atoms with Gasteiger partial charge in [0, 0.05) is 20.2 Å². The van der Waals surface area contributed by atoms with Crippen LogP contribution in [0.1, 0.15) is 12.8 Å². The van der Waals surface area contributed by atoms with E-state index in [1.807, 2.05) is 0 Å². The average Bonchev–Trinajstić information content (AvgIpc) is 3.22. The predicted octanol–water partition coefficient (Wildman–Crippen LogP) is 1.26. The minimum absolute atomic E-state index is 0.138. The topological polar surface area (TPSA) is 102 Å². The summed E-state index contributed by atoms with van der Waals surface area (Å²) in [5.74, 6) is 1.26. The van der Waals surface area contributed by atoms with E-state index in [1.54, 1.807) is 7.05 Å². The second-order valence-corrected chi connectivity index (χ2v) is 4.38. The van der Waals surface area contributed by atoms with Gasteiger partial charge in [0.05, 0.1) is 11.5 Å². The maximum Gasteiger partial charge on any atom is 0.329 e. The van der Waals surface area contributed by atoms with Gasteiger partial charge >= 0.3 is 5.69 Å². The Hall–Kier alpha value is -1.96. The molecule has 8 heteroatoms. The molecule has 0 unspecified atom stereocenters. The molecule has 1 aliphatic carbocycles. The fraction of sp³-hybridized carbons (Fsp3) is 0.636. The molecule has 104 valence electrons. The molecule has 2 N–H and O–H groups in total. The zero-order valence-corrected chi connectivity index (χ0v) is 10.8. The standard InChI is InChI=1S/C11H17N5O3/c1-12-11-14-6-9(16(17)18)10(15-11)13-4-5-19-7-8-2-3-8/h6,8H,2-5,7H2,1H3,(H2,12,13,14,15). The molecule has 8 nitrogen and oxygen atoms in total. The molecule has 0 spiro atoms. The van der Waals surface area contributed by atoms with Crippen molar-refractivity contribution in [2.75, 3.05) is 37.4 Å². The first-order valence-corrected chi connectivity index (χ1v) is 6.21. The van der Waals surface area contributed by atoms with E-state index in [0.717, 1.165) is 6.61 Å². The lowest BCUT2D eigenvalue weighted by Gasteiger charge is -2.07. The Morgan fingerprint density at radius 2 is 2.37 bits per heavy atom. The third kappa shape index (κ3) is 4.02. The Bertz CT molecular complexity index is 450. The molecule has 1 saturated carbocycles. The van der Waals surface area contributed by atoms with Crippen LogP contribution in [0.25, 0.3) is 0 Å². The minimum atomic E-state index is -0.507. The normalized spacial score (nSPS) is 14.2.